The van der Waals surface area contributed by atoms with Crippen molar-refractivity contribution in [1.82, 2.24) is 5.32 Å². The Bertz CT molecular complexity index is 902. The minimum absolute atomic E-state index is 0.0419. The van der Waals surface area contributed by atoms with E-state index in [1.165, 1.54) is 31.2 Å². The van der Waals surface area contributed by atoms with Crippen LogP contribution >= 0.6 is 0 Å². The molecule has 5 heteroatoms. The van der Waals surface area contributed by atoms with Crippen molar-refractivity contribution in [2.45, 2.75) is 19.1 Å². The van der Waals surface area contributed by atoms with E-state index < -0.39 is 18.0 Å². The fourth-order valence-electron chi connectivity index (χ4n) is 2.82. The standard InChI is InChI=1S/C23H21NO4/c1-16(28-23(27)19-13-8-14-20(25)15-19)22(26)24-21(17-9-4-2-5-10-17)18-11-6-3-7-12-18/h2-16,21,25H,1H3,(H,24,26)/t16-/m1/s1. The first kappa shape index (κ1) is 19.2. The molecule has 0 fully saturated rings. The molecule has 0 unspecified atom stereocenters. The molecule has 5 nitrogen and oxygen atoms in total. The second-order valence-corrected chi connectivity index (χ2v) is 6.36. The summed E-state index contributed by atoms with van der Waals surface area (Å²) in [6.07, 6.45) is -0.996. The Morgan fingerprint density at radius 1 is 0.857 bits per heavy atom. The Hall–Kier alpha value is -3.60. The molecule has 0 radical (unpaired) electrons. The Balaban J connectivity index is 1.73. The maximum Gasteiger partial charge on any atom is 0.339 e. The number of phenols is 1. The van der Waals surface area contributed by atoms with Crippen molar-refractivity contribution in [3.8, 4) is 5.75 Å². The zero-order valence-electron chi connectivity index (χ0n) is 15.4. The quantitative estimate of drug-likeness (QED) is 0.642. The number of phenolic OH excluding ortho intramolecular Hbond substituents is 1. The number of hydrogen-bond acceptors (Lipinski definition) is 4. The molecule has 28 heavy (non-hydrogen) atoms. The van der Waals surface area contributed by atoms with Crippen LogP contribution < -0.4 is 5.32 Å². The number of hydrogen-bond donors (Lipinski definition) is 2. The van der Waals surface area contributed by atoms with E-state index in [-0.39, 0.29) is 17.4 Å². The van der Waals surface area contributed by atoms with Gasteiger partial charge < -0.3 is 15.2 Å². The topological polar surface area (TPSA) is 75.6 Å². The molecule has 3 aromatic carbocycles. The summed E-state index contributed by atoms with van der Waals surface area (Å²) in [5.41, 5.74) is 2.03. The van der Waals surface area contributed by atoms with Crippen molar-refractivity contribution >= 4 is 11.9 Å². The van der Waals surface area contributed by atoms with Crippen molar-refractivity contribution in [1.29, 1.82) is 0 Å². The molecule has 0 aliphatic carbocycles. The van der Waals surface area contributed by atoms with Crippen molar-refractivity contribution in [2.24, 2.45) is 0 Å². The van der Waals surface area contributed by atoms with Crippen LogP contribution in [0.1, 0.15) is 34.5 Å². The molecule has 0 aromatic heterocycles. The third-order valence-corrected chi connectivity index (χ3v) is 4.29. The van der Waals surface area contributed by atoms with Crippen LogP contribution in [0.4, 0.5) is 0 Å². The van der Waals surface area contributed by atoms with Crippen molar-refractivity contribution in [3.63, 3.8) is 0 Å². The highest BCUT2D eigenvalue weighted by Gasteiger charge is 2.23. The predicted octanol–water partition coefficient (Wildman–Crippen LogP) is 3.84. The lowest BCUT2D eigenvalue weighted by atomic mass is 9.98. The van der Waals surface area contributed by atoms with E-state index in [0.717, 1.165) is 11.1 Å². The number of rotatable bonds is 6. The summed E-state index contributed by atoms with van der Waals surface area (Å²) in [5, 5.41) is 12.4. The van der Waals surface area contributed by atoms with Gasteiger partial charge in [0, 0.05) is 0 Å². The van der Waals surface area contributed by atoms with E-state index in [9.17, 15) is 14.7 Å². The molecular weight excluding hydrogens is 354 g/mol. The number of amides is 1. The molecule has 1 amide bonds. The lowest BCUT2D eigenvalue weighted by molar-refractivity contribution is -0.129. The lowest BCUT2D eigenvalue weighted by Crippen LogP contribution is -2.38. The number of nitrogens with one attached hydrogen (secondary N) is 1. The van der Waals surface area contributed by atoms with E-state index in [4.69, 9.17) is 4.74 Å². The number of ether oxygens (including phenoxy) is 1. The van der Waals surface area contributed by atoms with E-state index in [1.54, 1.807) is 0 Å². The van der Waals surface area contributed by atoms with E-state index >= 15 is 0 Å². The Kier molecular flexibility index (Phi) is 6.07. The lowest BCUT2D eigenvalue weighted by Gasteiger charge is -2.22. The smallest absolute Gasteiger partial charge is 0.339 e. The number of benzene rings is 3. The SMILES string of the molecule is C[C@@H](OC(=O)c1cccc(O)c1)C(=O)NC(c1ccccc1)c1ccccc1. The van der Waals surface area contributed by atoms with Crippen LogP contribution in [0, 0.1) is 0 Å². The van der Waals surface area contributed by atoms with Crippen molar-refractivity contribution in [2.75, 3.05) is 0 Å². The molecular formula is C23H21NO4. The molecule has 0 bridgehead atoms. The predicted molar refractivity (Wildman–Crippen MR) is 106 cm³/mol. The highest BCUT2D eigenvalue weighted by atomic mass is 16.5. The fourth-order valence-corrected chi connectivity index (χ4v) is 2.82. The number of esters is 1. The molecule has 0 aliphatic heterocycles. The fraction of sp³-hybridized carbons (Fsp3) is 0.130. The Labute approximate surface area is 163 Å². The van der Waals surface area contributed by atoms with Gasteiger partial charge in [-0.2, -0.15) is 0 Å². The van der Waals surface area contributed by atoms with Gasteiger partial charge in [0.05, 0.1) is 11.6 Å². The van der Waals surface area contributed by atoms with Crippen LogP contribution in [-0.2, 0) is 9.53 Å². The van der Waals surface area contributed by atoms with E-state index in [2.05, 4.69) is 5.32 Å². The summed E-state index contributed by atoms with van der Waals surface area (Å²) < 4.78 is 5.26. The number of carbonyl (C=O) groups is 2. The Morgan fingerprint density at radius 3 is 1.96 bits per heavy atom. The molecule has 0 saturated carbocycles. The first-order valence-electron chi connectivity index (χ1n) is 8.95. The number of carbonyl (C=O) groups excluding carboxylic acids is 2. The highest BCUT2D eigenvalue weighted by Crippen LogP contribution is 2.22. The third-order valence-electron chi connectivity index (χ3n) is 4.29. The average molecular weight is 375 g/mol. The normalized spacial score (nSPS) is 11.6. The van der Waals surface area contributed by atoms with Gasteiger partial charge in [0.2, 0.25) is 0 Å². The summed E-state index contributed by atoms with van der Waals surface area (Å²) in [7, 11) is 0. The molecule has 0 aliphatic rings. The molecule has 0 saturated heterocycles. The second-order valence-electron chi connectivity index (χ2n) is 6.36. The first-order chi connectivity index (χ1) is 13.5. The number of aromatic hydroxyl groups is 1. The Morgan fingerprint density at radius 2 is 1.43 bits per heavy atom. The molecule has 3 aromatic rings. The van der Waals surface area contributed by atoms with Gasteiger partial charge in [-0.3, -0.25) is 4.79 Å². The minimum Gasteiger partial charge on any atom is -0.508 e. The molecule has 2 N–H and O–H groups in total. The zero-order valence-corrected chi connectivity index (χ0v) is 15.4. The second kappa shape index (κ2) is 8.86. The summed E-state index contributed by atoms with van der Waals surface area (Å²) in [4.78, 5) is 24.9. The van der Waals surface area contributed by atoms with Crippen molar-refractivity contribution < 1.29 is 19.4 Å². The summed E-state index contributed by atoms with van der Waals surface area (Å²) >= 11 is 0. The molecule has 1 atom stereocenters. The van der Waals surface area contributed by atoms with Crippen LogP contribution in [0.25, 0.3) is 0 Å². The maximum atomic E-state index is 12.7. The summed E-state index contributed by atoms with van der Waals surface area (Å²) in [6, 6.07) is 24.6. The largest absolute Gasteiger partial charge is 0.508 e. The molecule has 142 valence electrons. The van der Waals surface area contributed by atoms with Crippen LogP contribution in [0.2, 0.25) is 0 Å². The molecule has 0 spiro atoms. The summed E-state index contributed by atoms with van der Waals surface area (Å²) in [5.74, 6) is -1.12. The van der Waals surface area contributed by atoms with Crippen LogP contribution in [-0.4, -0.2) is 23.1 Å². The van der Waals surface area contributed by atoms with E-state index in [0.29, 0.717) is 0 Å². The van der Waals surface area contributed by atoms with Gasteiger partial charge in [-0.15, -0.1) is 0 Å². The van der Waals surface area contributed by atoms with Crippen molar-refractivity contribution in [3.05, 3.63) is 102 Å². The maximum absolute atomic E-state index is 12.7. The van der Waals surface area contributed by atoms with Crippen LogP contribution in [0.5, 0.6) is 5.75 Å². The molecule has 0 heterocycles. The van der Waals surface area contributed by atoms with Gasteiger partial charge >= 0.3 is 5.97 Å². The van der Waals surface area contributed by atoms with Gasteiger partial charge in [-0.25, -0.2) is 4.79 Å². The average Bonchev–Trinajstić information content (AvgIpc) is 2.73. The van der Waals surface area contributed by atoms with Gasteiger partial charge in [-0.05, 0) is 36.2 Å². The first-order valence-corrected chi connectivity index (χ1v) is 8.95. The minimum atomic E-state index is -0.996. The zero-order chi connectivity index (χ0) is 19.9. The third kappa shape index (κ3) is 4.76. The highest BCUT2D eigenvalue weighted by molar-refractivity contribution is 5.92. The van der Waals surface area contributed by atoms with Gasteiger partial charge in [0.25, 0.3) is 5.91 Å². The monoisotopic (exact) mass is 375 g/mol. The van der Waals surface area contributed by atoms with Crippen LogP contribution in [0.3, 0.4) is 0 Å². The van der Waals surface area contributed by atoms with Gasteiger partial charge in [-0.1, -0.05) is 66.7 Å². The summed E-state index contributed by atoms with van der Waals surface area (Å²) in [6.45, 7) is 1.52. The van der Waals surface area contributed by atoms with E-state index in [1.807, 2.05) is 60.7 Å². The van der Waals surface area contributed by atoms with Gasteiger partial charge in [0.15, 0.2) is 6.10 Å². The molecule has 3 rings (SSSR count). The van der Waals surface area contributed by atoms with Crippen LogP contribution in [0.15, 0.2) is 84.9 Å². The van der Waals surface area contributed by atoms with Gasteiger partial charge in [0.1, 0.15) is 5.75 Å².